The summed E-state index contributed by atoms with van der Waals surface area (Å²) < 4.78 is 32.5. The molecule has 0 radical (unpaired) electrons. The van der Waals surface area contributed by atoms with Gasteiger partial charge in [0.2, 0.25) is 0 Å². The molecule has 318 valence electrons. The Hall–Kier alpha value is -1.78. The van der Waals surface area contributed by atoms with Crippen LogP contribution in [0, 0.1) is 0 Å². The van der Waals surface area contributed by atoms with Crippen LogP contribution in [0.25, 0.3) is 0 Å². The van der Waals surface area contributed by atoms with Gasteiger partial charge in [-0.3, -0.25) is 23.4 Å². The van der Waals surface area contributed by atoms with Gasteiger partial charge in [-0.25, -0.2) is 4.57 Å². The lowest BCUT2D eigenvalue weighted by Crippen LogP contribution is -2.34. The number of hydrogen-bond acceptors (Lipinski definition) is 9. The summed E-state index contributed by atoms with van der Waals surface area (Å²) in [5.74, 6) is -2.42. The van der Waals surface area contributed by atoms with E-state index >= 15 is 0 Å². The first kappa shape index (κ1) is 52.2. The Kier molecular flexibility index (Phi) is 36.9. The highest BCUT2D eigenvalue weighted by molar-refractivity contribution is 7.47. The number of esters is 2. The lowest BCUT2D eigenvalue weighted by molar-refractivity contribution is -0.161. The molecule has 0 bridgehead atoms. The maximum absolute atomic E-state index is 12.6. The Morgan fingerprint density at radius 1 is 0.556 bits per heavy atom. The van der Waals surface area contributed by atoms with Crippen molar-refractivity contribution in [3.8, 4) is 0 Å². The molecule has 54 heavy (non-hydrogen) atoms. The summed E-state index contributed by atoms with van der Waals surface area (Å²) in [6.07, 6.45) is 37.6. The summed E-state index contributed by atoms with van der Waals surface area (Å²) in [6, 6.07) is -1.52. The molecule has 0 amide bonds. The maximum atomic E-state index is 12.6. The monoisotopic (exact) mass is 790 g/mol. The smallest absolute Gasteiger partial charge is 0.472 e. The quantitative estimate of drug-likeness (QED) is 0.0233. The Labute approximate surface area is 328 Å². The molecule has 3 atom stereocenters. The second kappa shape index (κ2) is 38.1. The average molecular weight is 790 g/mol. The average Bonchev–Trinajstić information content (AvgIpc) is 3.14. The summed E-state index contributed by atoms with van der Waals surface area (Å²) >= 11 is 0. The lowest BCUT2D eigenvalue weighted by atomic mass is 10.0. The van der Waals surface area contributed by atoms with E-state index < -0.39 is 51.1 Å². The molecule has 0 aliphatic carbocycles. The largest absolute Gasteiger partial charge is 0.480 e. The van der Waals surface area contributed by atoms with Crippen LogP contribution in [-0.2, 0) is 37.5 Å². The molecule has 0 heterocycles. The number of carboxylic acid groups (broad SMARTS) is 1. The minimum atomic E-state index is -4.71. The van der Waals surface area contributed by atoms with Crippen molar-refractivity contribution in [1.82, 2.24) is 0 Å². The van der Waals surface area contributed by atoms with Crippen LogP contribution in [0.5, 0.6) is 0 Å². The topological polar surface area (TPSA) is 172 Å². The molecular weight excluding hydrogens is 709 g/mol. The minimum absolute atomic E-state index is 0.118. The van der Waals surface area contributed by atoms with Crippen LogP contribution < -0.4 is 5.73 Å². The van der Waals surface area contributed by atoms with Crippen LogP contribution in [0.15, 0.2) is 12.2 Å². The molecule has 0 fully saturated rings. The zero-order chi connectivity index (χ0) is 40.0. The summed E-state index contributed by atoms with van der Waals surface area (Å²) in [5.41, 5.74) is 5.31. The molecule has 0 saturated heterocycles. The molecule has 0 rings (SSSR count). The molecule has 1 unspecified atom stereocenters. The first-order chi connectivity index (χ1) is 26.1. The van der Waals surface area contributed by atoms with Gasteiger partial charge in [0.15, 0.2) is 6.10 Å². The third-order valence-electron chi connectivity index (χ3n) is 9.51. The van der Waals surface area contributed by atoms with Gasteiger partial charge in [0, 0.05) is 12.8 Å². The highest BCUT2D eigenvalue weighted by Crippen LogP contribution is 2.43. The predicted molar refractivity (Wildman–Crippen MR) is 217 cm³/mol. The van der Waals surface area contributed by atoms with Crippen molar-refractivity contribution in [2.75, 3.05) is 19.8 Å². The zero-order valence-corrected chi connectivity index (χ0v) is 35.2. The van der Waals surface area contributed by atoms with Crippen molar-refractivity contribution in [3.05, 3.63) is 12.2 Å². The molecule has 0 saturated carbocycles. The Balaban J connectivity index is 4.17. The zero-order valence-electron chi connectivity index (χ0n) is 34.3. The number of aliphatic carboxylic acids is 1. The number of allylic oxidation sites excluding steroid dienone is 2. The summed E-state index contributed by atoms with van der Waals surface area (Å²) in [6.45, 7) is 2.74. The van der Waals surface area contributed by atoms with E-state index in [2.05, 4.69) is 30.5 Å². The van der Waals surface area contributed by atoms with Gasteiger partial charge in [0.25, 0.3) is 0 Å². The third kappa shape index (κ3) is 37.2. The van der Waals surface area contributed by atoms with E-state index in [9.17, 15) is 23.8 Å². The van der Waals surface area contributed by atoms with Crippen LogP contribution in [0.2, 0.25) is 0 Å². The molecular formula is C42H80NO10P. The predicted octanol–water partition coefficient (Wildman–Crippen LogP) is 11.3. The molecule has 0 aromatic carbocycles. The van der Waals surface area contributed by atoms with Gasteiger partial charge in [-0.15, -0.1) is 0 Å². The van der Waals surface area contributed by atoms with E-state index in [1.165, 1.54) is 128 Å². The number of phosphoric ester groups is 1. The van der Waals surface area contributed by atoms with Gasteiger partial charge in [-0.05, 0) is 32.1 Å². The second-order valence-corrected chi connectivity index (χ2v) is 16.3. The second-order valence-electron chi connectivity index (χ2n) is 14.8. The Bertz CT molecular complexity index is 979. The summed E-state index contributed by atoms with van der Waals surface area (Å²) in [5, 5.41) is 8.86. The van der Waals surface area contributed by atoms with E-state index in [4.69, 9.17) is 24.8 Å². The standard InChI is InChI=1S/C42H80NO10P/c1-3-5-7-9-11-12-13-14-15-16-17-18-19-20-21-22-23-24-25-26-28-30-32-34-41(45)53-38(36-51-54(48,49)52-37-39(43)42(46)47)35-50-40(44)33-31-29-27-10-8-6-4-2/h26,28,38-39H,3-25,27,29-37,43H2,1-2H3,(H,46,47)(H,48,49)/b28-26+/t38-,39-/m0/s1. The molecule has 0 spiro atoms. The fourth-order valence-corrected chi connectivity index (χ4v) is 6.85. The first-order valence-corrected chi connectivity index (χ1v) is 23.2. The molecule has 11 nitrogen and oxygen atoms in total. The number of unbranched alkanes of at least 4 members (excludes halogenated alkanes) is 25. The number of rotatable bonds is 41. The van der Waals surface area contributed by atoms with Crippen LogP contribution >= 0.6 is 7.82 Å². The van der Waals surface area contributed by atoms with Gasteiger partial charge >= 0.3 is 25.7 Å². The Morgan fingerprint density at radius 2 is 0.944 bits per heavy atom. The molecule has 0 aromatic heterocycles. The number of nitrogens with two attached hydrogens (primary N) is 1. The van der Waals surface area contributed by atoms with Gasteiger partial charge < -0.3 is 25.2 Å². The lowest BCUT2D eigenvalue weighted by Gasteiger charge is -2.20. The van der Waals surface area contributed by atoms with Crippen LogP contribution in [-0.4, -0.2) is 59.9 Å². The summed E-state index contributed by atoms with van der Waals surface area (Å²) in [4.78, 5) is 45.6. The van der Waals surface area contributed by atoms with Crippen molar-refractivity contribution in [2.45, 2.75) is 219 Å². The van der Waals surface area contributed by atoms with Crippen LogP contribution in [0.3, 0.4) is 0 Å². The molecule has 0 aliphatic heterocycles. The van der Waals surface area contributed by atoms with E-state index in [1.54, 1.807) is 0 Å². The highest BCUT2D eigenvalue weighted by atomic mass is 31.2. The van der Waals surface area contributed by atoms with Crippen molar-refractivity contribution < 1.29 is 47.5 Å². The van der Waals surface area contributed by atoms with Gasteiger partial charge in [-0.1, -0.05) is 174 Å². The van der Waals surface area contributed by atoms with Crippen molar-refractivity contribution in [2.24, 2.45) is 5.73 Å². The first-order valence-electron chi connectivity index (χ1n) is 21.7. The van der Waals surface area contributed by atoms with Gasteiger partial charge in [-0.2, -0.15) is 0 Å². The van der Waals surface area contributed by atoms with E-state index in [-0.39, 0.29) is 19.4 Å². The van der Waals surface area contributed by atoms with E-state index in [1.807, 2.05) is 0 Å². The van der Waals surface area contributed by atoms with E-state index in [0.717, 1.165) is 32.1 Å². The van der Waals surface area contributed by atoms with Crippen molar-refractivity contribution in [3.63, 3.8) is 0 Å². The molecule has 0 aliphatic rings. The fraction of sp³-hybridized carbons (Fsp3) is 0.881. The number of carboxylic acids is 1. The number of ether oxygens (including phenoxy) is 2. The van der Waals surface area contributed by atoms with Gasteiger partial charge in [0.05, 0.1) is 13.2 Å². The number of carbonyl (C=O) groups excluding carboxylic acids is 2. The highest BCUT2D eigenvalue weighted by Gasteiger charge is 2.28. The van der Waals surface area contributed by atoms with Crippen molar-refractivity contribution in [1.29, 1.82) is 0 Å². The van der Waals surface area contributed by atoms with E-state index in [0.29, 0.717) is 19.3 Å². The van der Waals surface area contributed by atoms with Crippen LogP contribution in [0.1, 0.15) is 206 Å². The van der Waals surface area contributed by atoms with Gasteiger partial charge in [0.1, 0.15) is 12.6 Å². The Morgan fingerprint density at radius 3 is 1.41 bits per heavy atom. The molecule has 4 N–H and O–H groups in total. The summed E-state index contributed by atoms with van der Waals surface area (Å²) in [7, 11) is -4.71. The van der Waals surface area contributed by atoms with Crippen molar-refractivity contribution >= 4 is 25.7 Å². The SMILES string of the molecule is CCCCCCCCCCCCCCCCCCCC/C=C/CCCC(=O)O[C@@H](COC(=O)CCCCCCCCC)COP(=O)(O)OC[C@H](N)C(=O)O. The molecule has 12 heteroatoms. The fourth-order valence-electron chi connectivity index (χ4n) is 6.07. The normalized spacial score (nSPS) is 13.9. The number of phosphoric acid groups is 1. The minimum Gasteiger partial charge on any atom is -0.480 e. The third-order valence-corrected chi connectivity index (χ3v) is 10.5. The van der Waals surface area contributed by atoms with Crippen LogP contribution in [0.4, 0.5) is 0 Å². The number of carbonyl (C=O) groups is 3. The maximum Gasteiger partial charge on any atom is 0.472 e. The number of hydrogen-bond donors (Lipinski definition) is 3. The molecule has 0 aromatic rings.